The van der Waals surface area contributed by atoms with Crippen molar-refractivity contribution in [2.24, 2.45) is 0 Å². The molecule has 1 aliphatic rings. The molecular formula is C8H9O4+. The lowest BCUT2D eigenvalue weighted by Gasteiger charge is -2.09. The smallest absolute Gasteiger partial charge is 0.356 e. The third-order valence-electron chi connectivity index (χ3n) is 1.41. The van der Waals surface area contributed by atoms with Gasteiger partial charge in [0.2, 0.25) is 11.5 Å². The fraction of sp³-hybridized carbons (Fsp3) is 0.250. The molecule has 0 aromatic rings. The van der Waals surface area contributed by atoms with E-state index in [1.54, 1.807) is 0 Å². The van der Waals surface area contributed by atoms with Crippen LogP contribution < -0.4 is 0 Å². The molecule has 0 bridgehead atoms. The number of esters is 1. The summed E-state index contributed by atoms with van der Waals surface area (Å²) in [5.74, 6) is -0.965. The van der Waals surface area contributed by atoms with Crippen molar-refractivity contribution in [1.82, 2.24) is 0 Å². The van der Waals surface area contributed by atoms with E-state index in [9.17, 15) is 9.59 Å². The Hall–Kier alpha value is -1.58. The Morgan fingerprint density at radius 3 is 2.50 bits per heavy atom. The van der Waals surface area contributed by atoms with Crippen LogP contribution in [0.15, 0.2) is 23.2 Å². The maximum atomic E-state index is 11.1. The van der Waals surface area contributed by atoms with Crippen molar-refractivity contribution < 1.29 is 19.4 Å². The second kappa shape index (κ2) is 2.81. The molecule has 0 spiro atoms. The summed E-state index contributed by atoms with van der Waals surface area (Å²) in [4.78, 5) is 22.1. The first-order valence-corrected chi connectivity index (χ1v) is 3.39. The lowest BCUT2D eigenvalue weighted by molar-refractivity contribution is -0.137. The Morgan fingerprint density at radius 1 is 1.50 bits per heavy atom. The predicted octanol–water partition coefficient (Wildman–Crippen LogP) is 0.0147. The van der Waals surface area contributed by atoms with Crippen molar-refractivity contribution in [3.63, 3.8) is 0 Å². The molecule has 12 heavy (non-hydrogen) atoms. The number of hydrogen-bond acceptors (Lipinski definition) is 3. The van der Waals surface area contributed by atoms with Crippen LogP contribution >= 0.6 is 0 Å². The quantitative estimate of drug-likeness (QED) is 0.169. The standard InChI is InChI=1S/C8H8O4/c1-4-3-6(10)7(5(2)9)8(11)12-4/h3,9H,1-2H3/p+1/b7-5+. The van der Waals surface area contributed by atoms with Crippen LogP contribution in [0.5, 0.6) is 0 Å². The Bertz CT molecular complexity index is 305. The maximum absolute atomic E-state index is 11.1. The summed E-state index contributed by atoms with van der Waals surface area (Å²) >= 11 is 0. The van der Waals surface area contributed by atoms with Crippen molar-refractivity contribution in [3.8, 4) is 0 Å². The van der Waals surface area contributed by atoms with Gasteiger partial charge in [0.05, 0.1) is 0 Å². The summed E-state index contributed by atoms with van der Waals surface area (Å²) in [6.07, 6.45) is 1.20. The number of cyclic esters (lactones) is 1. The van der Waals surface area contributed by atoms with Crippen LogP contribution in [0.1, 0.15) is 13.8 Å². The predicted molar refractivity (Wildman–Crippen MR) is 41.2 cm³/mol. The molecule has 0 saturated heterocycles. The van der Waals surface area contributed by atoms with E-state index < -0.39 is 11.8 Å². The summed E-state index contributed by atoms with van der Waals surface area (Å²) in [6, 6.07) is 0. The van der Waals surface area contributed by atoms with Gasteiger partial charge in [0.15, 0.2) is 5.57 Å². The van der Waals surface area contributed by atoms with E-state index in [0.717, 1.165) is 0 Å². The lowest BCUT2D eigenvalue weighted by atomic mass is 10.1. The highest BCUT2D eigenvalue weighted by Gasteiger charge is 2.29. The number of hydrogen-bond donors (Lipinski definition) is 0. The van der Waals surface area contributed by atoms with Gasteiger partial charge in [-0.3, -0.25) is 4.79 Å². The van der Waals surface area contributed by atoms with Crippen LogP contribution in [-0.4, -0.2) is 16.9 Å². The van der Waals surface area contributed by atoms with Gasteiger partial charge in [-0.15, -0.1) is 0 Å². The number of ether oxygens (including phenoxy) is 1. The van der Waals surface area contributed by atoms with Crippen LogP contribution in [0.25, 0.3) is 0 Å². The Balaban J connectivity index is 3.17. The average molecular weight is 169 g/mol. The molecule has 0 atom stereocenters. The van der Waals surface area contributed by atoms with Gasteiger partial charge in [-0.25, -0.2) is 4.79 Å². The number of ketones is 1. The molecule has 0 fully saturated rings. The third-order valence-corrected chi connectivity index (χ3v) is 1.41. The van der Waals surface area contributed by atoms with Gasteiger partial charge in [0.25, 0.3) is 0 Å². The topological polar surface area (TPSA) is 66.3 Å². The Kier molecular flexibility index (Phi) is 1.99. The van der Waals surface area contributed by atoms with E-state index >= 15 is 0 Å². The molecule has 0 saturated carbocycles. The molecule has 0 radical (unpaired) electrons. The number of carbonyl (C=O) groups is 2. The van der Waals surface area contributed by atoms with Gasteiger partial charge in [-0.2, -0.15) is 0 Å². The summed E-state index contributed by atoms with van der Waals surface area (Å²) in [6.45, 7) is 2.90. The van der Waals surface area contributed by atoms with Gasteiger partial charge in [-0.05, 0) is 6.92 Å². The van der Waals surface area contributed by atoms with Gasteiger partial charge in [0.1, 0.15) is 5.76 Å². The van der Waals surface area contributed by atoms with Crippen LogP contribution in [0.3, 0.4) is 0 Å². The molecule has 4 heteroatoms. The van der Waals surface area contributed by atoms with Crippen molar-refractivity contribution in [2.75, 3.05) is 0 Å². The molecule has 1 rings (SSSR count). The van der Waals surface area contributed by atoms with E-state index in [1.807, 2.05) is 0 Å². The average Bonchev–Trinajstić information content (AvgIpc) is 1.82. The van der Waals surface area contributed by atoms with Gasteiger partial charge in [0, 0.05) is 13.0 Å². The molecule has 4 nitrogen and oxygen atoms in total. The fourth-order valence-electron chi connectivity index (χ4n) is 0.922. The molecule has 0 aromatic carbocycles. The normalized spacial score (nSPS) is 21.7. The van der Waals surface area contributed by atoms with E-state index in [2.05, 4.69) is 4.74 Å². The Morgan fingerprint density at radius 2 is 2.08 bits per heavy atom. The molecular weight excluding hydrogens is 160 g/mol. The molecule has 0 amide bonds. The van der Waals surface area contributed by atoms with Crippen molar-refractivity contribution >= 4 is 11.8 Å². The molecule has 2 N–H and O–H groups in total. The molecule has 1 heterocycles. The first-order chi connectivity index (χ1) is 5.52. The second-order valence-electron chi connectivity index (χ2n) is 2.51. The van der Waals surface area contributed by atoms with Crippen LogP contribution in [-0.2, 0) is 14.3 Å². The molecule has 64 valence electrons. The number of carbonyl (C=O) groups excluding carboxylic acids is 2. The highest BCUT2D eigenvalue weighted by atomic mass is 16.5. The third kappa shape index (κ3) is 1.37. The minimum atomic E-state index is -0.729. The number of rotatable bonds is 0. The minimum absolute atomic E-state index is 0.0613. The van der Waals surface area contributed by atoms with Crippen LogP contribution in [0.4, 0.5) is 0 Å². The molecule has 0 aliphatic carbocycles. The summed E-state index contributed by atoms with van der Waals surface area (Å²) < 4.78 is 4.65. The van der Waals surface area contributed by atoms with E-state index in [1.165, 1.54) is 19.9 Å². The van der Waals surface area contributed by atoms with Gasteiger partial charge < -0.3 is 9.84 Å². The van der Waals surface area contributed by atoms with Gasteiger partial charge >= 0.3 is 5.97 Å². The molecule has 0 unspecified atom stereocenters. The zero-order chi connectivity index (χ0) is 9.30. The van der Waals surface area contributed by atoms with E-state index in [4.69, 9.17) is 5.11 Å². The van der Waals surface area contributed by atoms with Crippen LogP contribution in [0.2, 0.25) is 0 Å². The van der Waals surface area contributed by atoms with E-state index in [-0.39, 0.29) is 17.1 Å². The summed E-state index contributed by atoms with van der Waals surface area (Å²) in [5, 5.41) is 7.13. The maximum Gasteiger partial charge on any atom is 0.356 e. The minimum Gasteiger partial charge on any atom is -0.596 e. The molecule has 1 aliphatic heterocycles. The van der Waals surface area contributed by atoms with Gasteiger partial charge in [-0.1, -0.05) is 0 Å². The zero-order valence-electron chi connectivity index (χ0n) is 6.80. The SMILES string of the molecule is CC1=CC(=O)/C(=C(/C)[OH2+])C(=O)O1. The molecule has 0 aromatic heterocycles. The van der Waals surface area contributed by atoms with Crippen molar-refractivity contribution in [1.29, 1.82) is 0 Å². The highest BCUT2D eigenvalue weighted by molar-refractivity contribution is 6.23. The zero-order valence-corrected chi connectivity index (χ0v) is 6.80. The highest BCUT2D eigenvalue weighted by Crippen LogP contribution is 2.15. The summed E-state index contributed by atoms with van der Waals surface area (Å²) in [7, 11) is 0. The summed E-state index contributed by atoms with van der Waals surface area (Å²) in [5.41, 5.74) is -0.180. The first-order valence-electron chi connectivity index (χ1n) is 3.39. The second-order valence-corrected chi connectivity index (χ2v) is 2.51. The first kappa shape index (κ1) is 8.52. The Labute approximate surface area is 69.1 Å². The largest absolute Gasteiger partial charge is 0.596 e. The van der Waals surface area contributed by atoms with Crippen molar-refractivity contribution in [3.05, 3.63) is 23.2 Å². The number of allylic oxidation sites excluding steroid dienone is 3. The monoisotopic (exact) mass is 169 g/mol. The fourth-order valence-corrected chi connectivity index (χ4v) is 0.922. The lowest BCUT2D eigenvalue weighted by Crippen LogP contribution is -2.20. The van der Waals surface area contributed by atoms with E-state index in [0.29, 0.717) is 0 Å². The van der Waals surface area contributed by atoms with Crippen molar-refractivity contribution in [2.45, 2.75) is 13.8 Å². The van der Waals surface area contributed by atoms with Crippen LogP contribution in [0, 0.1) is 0 Å².